The number of carboxylic acids is 1. The summed E-state index contributed by atoms with van der Waals surface area (Å²) in [5.74, 6) is -2.36. The van der Waals surface area contributed by atoms with Crippen LogP contribution in [0, 0.1) is 5.92 Å². The number of aryl methyl sites for hydroxylation is 1. The van der Waals surface area contributed by atoms with Gasteiger partial charge in [0.2, 0.25) is 5.91 Å². The molecule has 0 aromatic heterocycles. The van der Waals surface area contributed by atoms with Gasteiger partial charge in [0.05, 0.1) is 11.6 Å². The summed E-state index contributed by atoms with van der Waals surface area (Å²) in [6.07, 6.45) is 9.05. The SMILES string of the molecule is C[C@H]1C(=O)N(C)CCCCCCCCN2CCCCc3cc(Cl)ccc3COc3ccc(cc32)[C@]1(O)C(=O)O. The molecule has 7 nitrogen and oxygen atoms in total. The Kier molecular flexibility index (Phi) is 9.78. The second kappa shape index (κ2) is 13.1. The monoisotopic (exact) mass is 556 g/mol. The number of hydrogen-bond acceptors (Lipinski definition) is 5. The minimum Gasteiger partial charge on any atom is -0.487 e. The van der Waals surface area contributed by atoms with Crippen LogP contribution in [0.2, 0.25) is 5.02 Å². The number of halogens is 1. The van der Waals surface area contributed by atoms with Crippen molar-refractivity contribution in [1.82, 2.24) is 4.90 Å². The number of nitrogens with zero attached hydrogens (tertiary/aromatic N) is 2. The van der Waals surface area contributed by atoms with Gasteiger partial charge in [0.1, 0.15) is 12.4 Å². The molecule has 2 aliphatic rings. The third kappa shape index (κ3) is 6.69. The van der Waals surface area contributed by atoms with E-state index in [-0.39, 0.29) is 11.5 Å². The van der Waals surface area contributed by atoms with Crippen LogP contribution in [0.3, 0.4) is 0 Å². The minimum atomic E-state index is -2.38. The highest BCUT2D eigenvalue weighted by Crippen LogP contribution is 2.39. The van der Waals surface area contributed by atoms with E-state index >= 15 is 0 Å². The molecule has 2 bridgehead atoms. The van der Waals surface area contributed by atoms with E-state index < -0.39 is 17.5 Å². The normalized spacial score (nSPS) is 23.8. The number of benzene rings is 2. The van der Waals surface area contributed by atoms with Crippen LogP contribution in [0.25, 0.3) is 0 Å². The zero-order valence-electron chi connectivity index (χ0n) is 23.1. The van der Waals surface area contributed by atoms with E-state index in [1.54, 1.807) is 30.1 Å². The molecule has 2 aliphatic heterocycles. The van der Waals surface area contributed by atoms with E-state index in [0.717, 1.165) is 82.1 Å². The largest absolute Gasteiger partial charge is 0.487 e. The first-order chi connectivity index (χ1) is 18.7. The lowest BCUT2D eigenvalue weighted by Gasteiger charge is -2.34. The van der Waals surface area contributed by atoms with E-state index in [2.05, 4.69) is 4.90 Å². The van der Waals surface area contributed by atoms with Crippen LogP contribution in [0.15, 0.2) is 36.4 Å². The van der Waals surface area contributed by atoms with Crippen LogP contribution in [0.4, 0.5) is 5.69 Å². The Hall–Kier alpha value is -2.77. The van der Waals surface area contributed by atoms with Crippen molar-refractivity contribution in [3.63, 3.8) is 0 Å². The molecular formula is C31H41ClN2O5. The summed E-state index contributed by atoms with van der Waals surface area (Å²) < 4.78 is 6.36. The van der Waals surface area contributed by atoms with Crippen LogP contribution in [0.1, 0.15) is 75.0 Å². The number of carbonyl (C=O) groups excluding carboxylic acids is 1. The van der Waals surface area contributed by atoms with Gasteiger partial charge in [-0.15, -0.1) is 0 Å². The zero-order valence-corrected chi connectivity index (χ0v) is 23.9. The van der Waals surface area contributed by atoms with Gasteiger partial charge in [-0.1, -0.05) is 49.4 Å². The Morgan fingerprint density at radius 3 is 2.33 bits per heavy atom. The predicted octanol–water partition coefficient (Wildman–Crippen LogP) is 5.78. The van der Waals surface area contributed by atoms with Crippen molar-refractivity contribution in [3.05, 3.63) is 58.1 Å². The maximum atomic E-state index is 13.3. The first-order valence-corrected chi connectivity index (χ1v) is 14.6. The molecule has 1 amide bonds. The molecule has 212 valence electrons. The minimum absolute atomic E-state index is 0.186. The second-order valence-corrected chi connectivity index (χ2v) is 11.4. The number of hydrogen-bond donors (Lipinski definition) is 2. The fourth-order valence-corrected chi connectivity index (χ4v) is 5.95. The lowest BCUT2D eigenvalue weighted by atomic mass is 9.81. The van der Waals surface area contributed by atoms with Crippen LogP contribution < -0.4 is 9.64 Å². The van der Waals surface area contributed by atoms with Gasteiger partial charge in [-0.25, -0.2) is 4.79 Å². The van der Waals surface area contributed by atoms with Crippen LogP contribution in [0.5, 0.6) is 5.75 Å². The topological polar surface area (TPSA) is 90.3 Å². The van der Waals surface area contributed by atoms with Crippen LogP contribution >= 0.6 is 11.6 Å². The maximum Gasteiger partial charge on any atom is 0.341 e. The van der Waals surface area contributed by atoms with Gasteiger partial charge >= 0.3 is 5.97 Å². The Bertz CT molecular complexity index is 1170. The molecule has 4 rings (SSSR count). The number of rotatable bonds is 1. The van der Waals surface area contributed by atoms with Gasteiger partial charge in [0.25, 0.3) is 0 Å². The molecule has 0 saturated carbocycles. The molecule has 0 unspecified atom stereocenters. The summed E-state index contributed by atoms with van der Waals surface area (Å²) >= 11 is 6.28. The molecule has 0 aliphatic carbocycles. The van der Waals surface area contributed by atoms with Crippen molar-refractivity contribution in [2.75, 3.05) is 31.6 Å². The van der Waals surface area contributed by atoms with Crippen molar-refractivity contribution in [2.45, 2.75) is 76.9 Å². The molecule has 2 aromatic rings. The van der Waals surface area contributed by atoms with Crippen molar-refractivity contribution in [1.29, 1.82) is 0 Å². The van der Waals surface area contributed by atoms with Gasteiger partial charge in [-0.3, -0.25) is 4.79 Å². The van der Waals surface area contributed by atoms with Gasteiger partial charge in [-0.05, 0) is 80.0 Å². The summed E-state index contributed by atoms with van der Waals surface area (Å²) in [7, 11) is 1.68. The summed E-state index contributed by atoms with van der Waals surface area (Å²) in [6, 6.07) is 10.9. The highest BCUT2D eigenvalue weighted by atomic mass is 35.5. The van der Waals surface area contributed by atoms with Crippen molar-refractivity contribution < 1.29 is 24.5 Å². The molecule has 2 heterocycles. The Labute approximate surface area is 236 Å². The molecule has 0 spiro atoms. The summed E-state index contributed by atoms with van der Waals surface area (Å²) in [5, 5.41) is 22.6. The first kappa shape index (κ1) is 29.2. The van der Waals surface area contributed by atoms with E-state index in [9.17, 15) is 19.8 Å². The van der Waals surface area contributed by atoms with Gasteiger partial charge in [-0.2, -0.15) is 0 Å². The van der Waals surface area contributed by atoms with Gasteiger partial charge in [0, 0.05) is 31.7 Å². The Morgan fingerprint density at radius 1 is 0.949 bits per heavy atom. The fraction of sp³-hybridized carbons (Fsp3) is 0.548. The quantitative estimate of drug-likeness (QED) is 0.462. The third-order valence-corrected chi connectivity index (χ3v) is 8.52. The fourth-order valence-electron chi connectivity index (χ4n) is 5.75. The summed E-state index contributed by atoms with van der Waals surface area (Å²) in [6.45, 7) is 3.98. The number of carbonyl (C=O) groups is 2. The van der Waals surface area contributed by atoms with E-state index in [1.165, 1.54) is 12.5 Å². The van der Waals surface area contributed by atoms with Crippen LogP contribution in [-0.2, 0) is 28.2 Å². The molecule has 0 radical (unpaired) electrons. The average molecular weight is 557 g/mol. The number of carboxylic acid groups (broad SMARTS) is 1. The van der Waals surface area contributed by atoms with Crippen LogP contribution in [-0.4, -0.2) is 53.7 Å². The zero-order chi connectivity index (χ0) is 28.0. The van der Waals surface area contributed by atoms with E-state index in [1.807, 2.05) is 18.2 Å². The lowest BCUT2D eigenvalue weighted by Crippen LogP contribution is -2.49. The van der Waals surface area contributed by atoms with E-state index in [0.29, 0.717) is 23.9 Å². The number of amides is 1. The molecule has 2 atom stereocenters. The highest BCUT2D eigenvalue weighted by molar-refractivity contribution is 6.30. The van der Waals surface area contributed by atoms with Gasteiger partial charge < -0.3 is 24.7 Å². The smallest absolute Gasteiger partial charge is 0.341 e. The molecule has 2 aromatic carbocycles. The van der Waals surface area contributed by atoms with Gasteiger partial charge in [0.15, 0.2) is 5.60 Å². The predicted molar refractivity (Wildman–Crippen MR) is 153 cm³/mol. The first-order valence-electron chi connectivity index (χ1n) is 14.2. The molecular weight excluding hydrogens is 516 g/mol. The summed E-state index contributed by atoms with van der Waals surface area (Å²) in [4.78, 5) is 29.7. The maximum absolute atomic E-state index is 13.3. The number of aliphatic hydroxyl groups is 1. The number of aliphatic carboxylic acids is 1. The van der Waals surface area contributed by atoms with Crippen molar-refractivity contribution in [3.8, 4) is 5.75 Å². The molecule has 0 fully saturated rings. The number of anilines is 1. The third-order valence-electron chi connectivity index (χ3n) is 8.29. The van der Waals surface area contributed by atoms with Crippen molar-refractivity contribution in [2.24, 2.45) is 5.92 Å². The number of ether oxygens (including phenoxy) is 1. The Morgan fingerprint density at radius 2 is 1.62 bits per heavy atom. The van der Waals surface area contributed by atoms with E-state index in [4.69, 9.17) is 16.3 Å². The average Bonchev–Trinajstić information content (AvgIpc) is 2.95. The highest BCUT2D eigenvalue weighted by Gasteiger charge is 2.48. The Balaban J connectivity index is 1.78. The second-order valence-electron chi connectivity index (χ2n) is 11.0. The number of fused-ring (bicyclic) bond motifs is 2. The van der Waals surface area contributed by atoms with Crippen molar-refractivity contribution >= 4 is 29.2 Å². The lowest BCUT2D eigenvalue weighted by molar-refractivity contribution is -0.172. The molecule has 2 N–H and O–H groups in total. The summed E-state index contributed by atoms with van der Waals surface area (Å²) in [5.41, 5.74) is 0.812. The molecule has 39 heavy (non-hydrogen) atoms. The molecule has 8 heteroatoms. The molecule has 0 saturated heterocycles. The standard InChI is InChI=1S/C31H41ClN2O5/c1-22-29(35)33(2)16-8-5-3-4-6-9-17-34-18-10-7-11-23-19-26(32)14-12-24(23)21-39-28-15-13-25(20-27(28)34)31(22,38)30(36)37/h12-15,19-20,22,38H,3-11,16-18,21H2,1-2H3,(H,36,37)/t22-,31-/m0/s1.